The van der Waals surface area contributed by atoms with E-state index in [0.717, 1.165) is 16.4 Å². The van der Waals surface area contributed by atoms with Crippen molar-refractivity contribution in [3.63, 3.8) is 0 Å². The number of hydrogen-bond donors (Lipinski definition) is 1. The summed E-state index contributed by atoms with van der Waals surface area (Å²) in [5, 5.41) is 11.9. The number of aryl methyl sites for hydroxylation is 1. The van der Waals surface area contributed by atoms with Gasteiger partial charge in [0.15, 0.2) is 16.8 Å². The highest BCUT2D eigenvalue weighted by Gasteiger charge is 2.16. The standard InChI is InChI=1S/C21H21FN4O2S/c1-14-5-3-4-6-17(14)26-19(24-25-21(26)29-2)13-23-20(28)12-11-18(27)15-7-9-16(22)10-8-15/h3-10H,11-13H2,1-2H3,(H,23,28). The number of carbonyl (C=O) groups is 2. The number of halogens is 1. The van der Waals surface area contributed by atoms with Crippen molar-refractivity contribution in [3.05, 3.63) is 71.3 Å². The maximum Gasteiger partial charge on any atom is 0.220 e. The molecule has 0 saturated carbocycles. The van der Waals surface area contributed by atoms with Gasteiger partial charge in [0.05, 0.1) is 12.2 Å². The summed E-state index contributed by atoms with van der Waals surface area (Å²) in [6.45, 7) is 2.20. The maximum atomic E-state index is 12.9. The SMILES string of the molecule is CSc1nnc(CNC(=O)CCC(=O)c2ccc(F)cc2)n1-c1ccccc1C. The number of nitrogens with one attached hydrogen (secondary N) is 1. The second kappa shape index (κ2) is 9.47. The predicted octanol–water partition coefficient (Wildman–Crippen LogP) is 3.72. The third-order valence-corrected chi connectivity index (χ3v) is 5.06. The van der Waals surface area contributed by atoms with Gasteiger partial charge in [-0.25, -0.2) is 4.39 Å². The minimum Gasteiger partial charge on any atom is -0.349 e. The van der Waals surface area contributed by atoms with Crippen LogP contribution >= 0.6 is 11.8 Å². The Kier molecular flexibility index (Phi) is 6.77. The first-order chi connectivity index (χ1) is 14.0. The van der Waals surface area contributed by atoms with E-state index in [2.05, 4.69) is 15.5 Å². The largest absolute Gasteiger partial charge is 0.349 e. The molecule has 1 aromatic heterocycles. The Morgan fingerprint density at radius 3 is 2.48 bits per heavy atom. The number of ketones is 1. The van der Waals surface area contributed by atoms with Crippen molar-refractivity contribution < 1.29 is 14.0 Å². The van der Waals surface area contributed by atoms with Crippen LogP contribution in [-0.2, 0) is 11.3 Å². The van der Waals surface area contributed by atoms with Gasteiger partial charge in [-0.2, -0.15) is 0 Å². The summed E-state index contributed by atoms with van der Waals surface area (Å²) in [5.74, 6) is -0.248. The Balaban J connectivity index is 1.62. The lowest BCUT2D eigenvalue weighted by Crippen LogP contribution is -2.25. The van der Waals surface area contributed by atoms with Gasteiger partial charge in [-0.05, 0) is 49.1 Å². The molecule has 1 heterocycles. The van der Waals surface area contributed by atoms with Gasteiger partial charge in [0.2, 0.25) is 5.91 Å². The van der Waals surface area contributed by atoms with Gasteiger partial charge in [0, 0.05) is 18.4 Å². The number of amides is 1. The molecule has 3 rings (SSSR count). The van der Waals surface area contributed by atoms with Crippen molar-refractivity contribution in [2.75, 3.05) is 6.26 Å². The van der Waals surface area contributed by atoms with Gasteiger partial charge < -0.3 is 5.32 Å². The van der Waals surface area contributed by atoms with Crippen LogP contribution < -0.4 is 5.32 Å². The Morgan fingerprint density at radius 1 is 1.07 bits per heavy atom. The molecular formula is C21H21FN4O2S. The maximum absolute atomic E-state index is 12.9. The Bertz CT molecular complexity index is 1020. The highest BCUT2D eigenvalue weighted by Crippen LogP contribution is 2.22. The van der Waals surface area contributed by atoms with Crippen LogP contribution in [-0.4, -0.2) is 32.7 Å². The molecule has 8 heteroatoms. The lowest BCUT2D eigenvalue weighted by molar-refractivity contribution is -0.121. The first kappa shape index (κ1) is 20.7. The second-order valence-corrected chi connectivity index (χ2v) is 7.21. The van der Waals surface area contributed by atoms with Crippen LogP contribution in [0.1, 0.15) is 34.6 Å². The van der Waals surface area contributed by atoms with Crippen LogP contribution in [0.15, 0.2) is 53.7 Å². The average Bonchev–Trinajstić information content (AvgIpc) is 3.14. The first-order valence-corrected chi connectivity index (χ1v) is 10.3. The van der Waals surface area contributed by atoms with Gasteiger partial charge in [-0.3, -0.25) is 14.2 Å². The number of rotatable bonds is 8. The zero-order valence-electron chi connectivity index (χ0n) is 16.2. The molecule has 29 heavy (non-hydrogen) atoms. The fourth-order valence-electron chi connectivity index (χ4n) is 2.88. The van der Waals surface area contributed by atoms with Crippen LogP contribution in [0.4, 0.5) is 4.39 Å². The highest BCUT2D eigenvalue weighted by atomic mass is 32.2. The molecule has 0 radical (unpaired) electrons. The van der Waals surface area contributed by atoms with Gasteiger partial charge >= 0.3 is 0 Å². The molecule has 6 nitrogen and oxygen atoms in total. The molecule has 0 aliphatic heterocycles. The lowest BCUT2D eigenvalue weighted by atomic mass is 10.1. The molecule has 0 saturated heterocycles. The zero-order valence-corrected chi connectivity index (χ0v) is 17.0. The summed E-state index contributed by atoms with van der Waals surface area (Å²) >= 11 is 1.47. The summed E-state index contributed by atoms with van der Waals surface area (Å²) < 4.78 is 14.9. The molecule has 0 spiro atoms. The molecule has 1 N–H and O–H groups in total. The van der Waals surface area contributed by atoms with Crippen molar-refractivity contribution in [2.45, 2.75) is 31.5 Å². The van der Waals surface area contributed by atoms with E-state index < -0.39 is 5.82 Å². The summed E-state index contributed by atoms with van der Waals surface area (Å²) in [6, 6.07) is 13.2. The van der Waals surface area contributed by atoms with Crippen LogP contribution in [0, 0.1) is 12.7 Å². The number of hydrogen-bond acceptors (Lipinski definition) is 5. The van der Waals surface area contributed by atoms with E-state index >= 15 is 0 Å². The average molecular weight is 412 g/mol. The molecule has 2 aromatic carbocycles. The topological polar surface area (TPSA) is 76.9 Å². The van der Waals surface area contributed by atoms with Crippen molar-refractivity contribution in [1.29, 1.82) is 0 Å². The number of benzene rings is 2. The second-order valence-electron chi connectivity index (χ2n) is 6.43. The molecule has 0 bridgehead atoms. The Hall–Kier alpha value is -3.00. The third-order valence-electron chi connectivity index (χ3n) is 4.43. The normalized spacial score (nSPS) is 10.7. The molecule has 150 valence electrons. The molecule has 0 fully saturated rings. The van der Waals surface area contributed by atoms with Crippen LogP contribution in [0.5, 0.6) is 0 Å². The van der Waals surface area contributed by atoms with Gasteiger partial charge in [-0.1, -0.05) is 30.0 Å². The number of nitrogens with zero attached hydrogens (tertiary/aromatic N) is 3. The predicted molar refractivity (Wildman–Crippen MR) is 110 cm³/mol. The van der Waals surface area contributed by atoms with Crippen molar-refractivity contribution >= 4 is 23.5 Å². The lowest BCUT2D eigenvalue weighted by Gasteiger charge is -2.12. The van der Waals surface area contributed by atoms with Crippen molar-refractivity contribution in [1.82, 2.24) is 20.1 Å². The van der Waals surface area contributed by atoms with Gasteiger partial charge in [-0.15, -0.1) is 10.2 Å². The smallest absolute Gasteiger partial charge is 0.220 e. The van der Waals surface area contributed by atoms with E-state index in [4.69, 9.17) is 0 Å². The summed E-state index contributed by atoms with van der Waals surface area (Å²) in [6.07, 6.45) is 2.02. The quantitative estimate of drug-likeness (QED) is 0.451. The molecule has 0 aliphatic rings. The van der Waals surface area contributed by atoms with Crippen LogP contribution in [0.2, 0.25) is 0 Å². The Labute approximate surface area is 172 Å². The monoisotopic (exact) mass is 412 g/mol. The minimum absolute atomic E-state index is 0.0457. The minimum atomic E-state index is -0.401. The third kappa shape index (κ3) is 5.08. The number of Topliss-reactive ketones (excluding diaryl/α,β-unsaturated/α-hetero) is 1. The van der Waals surface area contributed by atoms with E-state index in [9.17, 15) is 14.0 Å². The number of para-hydroxylation sites is 1. The van der Waals surface area contributed by atoms with E-state index in [1.807, 2.05) is 42.0 Å². The molecule has 0 unspecified atom stereocenters. The zero-order chi connectivity index (χ0) is 20.8. The summed E-state index contributed by atoms with van der Waals surface area (Å²) in [7, 11) is 0. The summed E-state index contributed by atoms with van der Waals surface area (Å²) in [5.41, 5.74) is 2.42. The fourth-order valence-corrected chi connectivity index (χ4v) is 3.39. The van der Waals surface area contributed by atoms with E-state index in [1.165, 1.54) is 36.0 Å². The molecule has 0 aliphatic carbocycles. The van der Waals surface area contributed by atoms with E-state index in [1.54, 1.807) is 0 Å². The van der Waals surface area contributed by atoms with Gasteiger partial charge in [0.25, 0.3) is 0 Å². The molecular weight excluding hydrogens is 391 g/mol. The Morgan fingerprint density at radius 2 is 1.79 bits per heavy atom. The first-order valence-electron chi connectivity index (χ1n) is 9.09. The summed E-state index contributed by atoms with van der Waals surface area (Å²) in [4.78, 5) is 24.3. The van der Waals surface area contributed by atoms with E-state index in [0.29, 0.717) is 11.4 Å². The highest BCUT2D eigenvalue weighted by molar-refractivity contribution is 7.98. The van der Waals surface area contributed by atoms with E-state index in [-0.39, 0.29) is 31.1 Å². The number of carbonyl (C=O) groups excluding carboxylic acids is 2. The van der Waals surface area contributed by atoms with Crippen molar-refractivity contribution in [2.24, 2.45) is 0 Å². The van der Waals surface area contributed by atoms with Gasteiger partial charge in [0.1, 0.15) is 5.82 Å². The number of thioether (sulfide) groups is 1. The molecule has 3 aromatic rings. The molecule has 1 amide bonds. The van der Waals surface area contributed by atoms with Crippen molar-refractivity contribution in [3.8, 4) is 5.69 Å². The molecule has 0 atom stereocenters. The fraction of sp³-hybridized carbons (Fsp3) is 0.238. The van der Waals surface area contributed by atoms with Crippen LogP contribution in [0.3, 0.4) is 0 Å². The number of aromatic nitrogens is 3. The van der Waals surface area contributed by atoms with Crippen LogP contribution in [0.25, 0.3) is 5.69 Å².